The van der Waals surface area contributed by atoms with Crippen LogP contribution in [0.1, 0.15) is 34.6 Å². The van der Waals surface area contributed by atoms with Crippen LogP contribution in [0.4, 0.5) is 8.78 Å². The zero-order chi connectivity index (χ0) is 15.1. The molecule has 0 unspecified atom stereocenters. The van der Waals surface area contributed by atoms with E-state index in [9.17, 15) is 18.4 Å². The Kier molecular flexibility index (Phi) is 5.72. The van der Waals surface area contributed by atoms with Gasteiger partial charge in [0.05, 0.1) is 5.56 Å². The zero-order valence-corrected chi connectivity index (χ0v) is 11.2. The number of rotatable bonds is 2. The largest absolute Gasteiger partial charge is 0.295 e. The molecule has 2 nitrogen and oxygen atoms in total. The van der Waals surface area contributed by atoms with Gasteiger partial charge in [0, 0.05) is 5.56 Å². The smallest absolute Gasteiger partial charge is 0.162 e. The lowest BCUT2D eigenvalue weighted by Crippen LogP contribution is -1.94. The number of carbonyl (C=O) groups is 2. The molecule has 0 heterocycles. The average Bonchev–Trinajstić information content (AvgIpc) is 2.40. The average molecular weight is 276 g/mol. The SMILES string of the molecule is CC(=O)c1ccc(F)cc1.CC(=O)c1ccccc1F. The van der Waals surface area contributed by atoms with Gasteiger partial charge in [-0.3, -0.25) is 9.59 Å². The van der Waals surface area contributed by atoms with Crippen LogP contribution in [-0.4, -0.2) is 11.6 Å². The number of ketones is 2. The normalized spacial score (nSPS) is 9.40. The van der Waals surface area contributed by atoms with Crippen molar-refractivity contribution < 1.29 is 18.4 Å². The summed E-state index contributed by atoms with van der Waals surface area (Å²) in [5.74, 6) is -1.04. The highest BCUT2D eigenvalue weighted by Gasteiger charge is 2.03. The van der Waals surface area contributed by atoms with E-state index < -0.39 is 5.82 Å². The quantitative estimate of drug-likeness (QED) is 0.775. The predicted octanol–water partition coefficient (Wildman–Crippen LogP) is 4.06. The first-order valence-corrected chi connectivity index (χ1v) is 5.93. The molecule has 104 valence electrons. The van der Waals surface area contributed by atoms with Crippen LogP contribution in [0.3, 0.4) is 0 Å². The van der Waals surface area contributed by atoms with Crippen molar-refractivity contribution in [2.24, 2.45) is 0 Å². The minimum atomic E-state index is -0.449. The highest BCUT2D eigenvalue weighted by molar-refractivity contribution is 5.94. The van der Waals surface area contributed by atoms with Crippen molar-refractivity contribution in [3.63, 3.8) is 0 Å². The van der Waals surface area contributed by atoms with Crippen LogP contribution in [0.5, 0.6) is 0 Å². The first kappa shape index (κ1) is 15.7. The fourth-order valence-electron chi connectivity index (χ4n) is 1.43. The molecule has 0 spiro atoms. The van der Waals surface area contributed by atoms with Crippen LogP contribution >= 0.6 is 0 Å². The standard InChI is InChI=1S/2C8H7FO/c1-6(10)7-2-4-8(9)5-3-7;1-6(10)7-4-2-3-5-8(7)9/h2*2-5H,1H3. The van der Waals surface area contributed by atoms with Gasteiger partial charge in [0.1, 0.15) is 11.6 Å². The second-order valence-corrected chi connectivity index (χ2v) is 4.10. The van der Waals surface area contributed by atoms with Gasteiger partial charge in [0.2, 0.25) is 0 Å². The maximum absolute atomic E-state index is 12.6. The van der Waals surface area contributed by atoms with E-state index in [4.69, 9.17) is 0 Å². The Morgan fingerprint density at radius 2 is 1.35 bits per heavy atom. The third kappa shape index (κ3) is 4.72. The van der Waals surface area contributed by atoms with Crippen molar-refractivity contribution in [2.75, 3.05) is 0 Å². The van der Waals surface area contributed by atoms with Crippen LogP contribution in [0, 0.1) is 11.6 Å². The molecule has 0 amide bonds. The molecule has 0 radical (unpaired) electrons. The molecule has 0 aliphatic rings. The van der Waals surface area contributed by atoms with Crippen molar-refractivity contribution >= 4 is 11.6 Å². The molecule has 0 saturated carbocycles. The van der Waals surface area contributed by atoms with Gasteiger partial charge in [-0.2, -0.15) is 0 Å². The molecule has 4 heteroatoms. The Bertz CT molecular complexity index is 604. The molecule has 0 N–H and O–H groups in total. The minimum Gasteiger partial charge on any atom is -0.295 e. The van der Waals surface area contributed by atoms with Crippen molar-refractivity contribution in [1.29, 1.82) is 0 Å². The van der Waals surface area contributed by atoms with Crippen molar-refractivity contribution in [2.45, 2.75) is 13.8 Å². The monoisotopic (exact) mass is 276 g/mol. The van der Waals surface area contributed by atoms with Crippen LogP contribution in [0.2, 0.25) is 0 Å². The Hall–Kier alpha value is -2.36. The third-order valence-electron chi connectivity index (χ3n) is 2.50. The van der Waals surface area contributed by atoms with Gasteiger partial charge >= 0.3 is 0 Å². The summed E-state index contributed by atoms with van der Waals surface area (Å²) in [7, 11) is 0. The van der Waals surface area contributed by atoms with Gasteiger partial charge in [-0.1, -0.05) is 12.1 Å². The van der Waals surface area contributed by atoms with E-state index in [1.807, 2.05) is 0 Å². The summed E-state index contributed by atoms with van der Waals surface area (Å²) in [6.07, 6.45) is 0. The van der Waals surface area contributed by atoms with Gasteiger partial charge < -0.3 is 0 Å². The molecular weight excluding hydrogens is 262 g/mol. The first-order chi connectivity index (χ1) is 9.41. The number of hydrogen-bond donors (Lipinski definition) is 0. The van der Waals surface area contributed by atoms with Crippen molar-refractivity contribution in [1.82, 2.24) is 0 Å². The molecule has 20 heavy (non-hydrogen) atoms. The highest BCUT2D eigenvalue weighted by Crippen LogP contribution is 2.05. The molecule has 2 rings (SSSR count). The van der Waals surface area contributed by atoms with Crippen LogP contribution < -0.4 is 0 Å². The lowest BCUT2D eigenvalue weighted by Gasteiger charge is -1.94. The molecule has 0 saturated heterocycles. The first-order valence-electron chi connectivity index (χ1n) is 5.93. The summed E-state index contributed by atoms with van der Waals surface area (Å²) < 4.78 is 24.9. The van der Waals surface area contributed by atoms with E-state index in [2.05, 4.69) is 0 Å². The van der Waals surface area contributed by atoms with Crippen molar-refractivity contribution in [3.05, 3.63) is 71.3 Å². The van der Waals surface area contributed by atoms with E-state index in [-0.39, 0.29) is 22.9 Å². The lowest BCUT2D eigenvalue weighted by atomic mass is 10.1. The Morgan fingerprint density at radius 1 is 0.800 bits per heavy atom. The molecule has 0 bridgehead atoms. The third-order valence-corrected chi connectivity index (χ3v) is 2.50. The maximum atomic E-state index is 12.6. The predicted molar refractivity (Wildman–Crippen MR) is 72.8 cm³/mol. The molecule has 0 atom stereocenters. The highest BCUT2D eigenvalue weighted by atomic mass is 19.1. The van der Waals surface area contributed by atoms with Gasteiger partial charge in [-0.25, -0.2) is 8.78 Å². The Labute approximate surface area is 116 Å². The molecule has 2 aromatic rings. The summed E-state index contributed by atoms with van der Waals surface area (Å²) in [5.41, 5.74) is 0.698. The molecule has 0 fully saturated rings. The van der Waals surface area contributed by atoms with Gasteiger partial charge in [-0.15, -0.1) is 0 Å². The topological polar surface area (TPSA) is 34.1 Å². The number of benzene rings is 2. The van der Waals surface area contributed by atoms with Gasteiger partial charge in [-0.05, 0) is 50.2 Å². The summed E-state index contributed by atoms with van der Waals surface area (Å²) >= 11 is 0. The molecule has 2 aromatic carbocycles. The number of hydrogen-bond acceptors (Lipinski definition) is 2. The summed E-state index contributed by atoms with van der Waals surface area (Å²) in [5, 5.41) is 0. The fourth-order valence-corrected chi connectivity index (χ4v) is 1.43. The fraction of sp³-hybridized carbons (Fsp3) is 0.125. The molecule has 0 aliphatic heterocycles. The van der Waals surface area contributed by atoms with Crippen LogP contribution in [0.15, 0.2) is 48.5 Å². The Balaban J connectivity index is 0.000000200. The molecule has 0 aliphatic carbocycles. The summed E-state index contributed by atoms with van der Waals surface area (Å²) in [6.45, 7) is 2.80. The minimum absolute atomic E-state index is 0.0417. The lowest BCUT2D eigenvalue weighted by molar-refractivity contribution is 0.100. The second kappa shape index (κ2) is 7.28. The number of halogens is 2. The van der Waals surface area contributed by atoms with E-state index in [0.717, 1.165) is 0 Å². The van der Waals surface area contributed by atoms with Gasteiger partial charge in [0.25, 0.3) is 0 Å². The molecule has 0 aromatic heterocycles. The van der Waals surface area contributed by atoms with E-state index in [0.29, 0.717) is 5.56 Å². The van der Waals surface area contributed by atoms with Crippen molar-refractivity contribution in [3.8, 4) is 0 Å². The summed E-state index contributed by atoms with van der Waals surface area (Å²) in [4.78, 5) is 21.3. The summed E-state index contributed by atoms with van der Waals surface area (Å²) in [6, 6.07) is 11.4. The van der Waals surface area contributed by atoms with Gasteiger partial charge in [0.15, 0.2) is 11.6 Å². The Morgan fingerprint density at radius 3 is 1.75 bits per heavy atom. The van der Waals surface area contributed by atoms with Crippen LogP contribution in [0.25, 0.3) is 0 Å². The zero-order valence-electron chi connectivity index (χ0n) is 11.2. The number of Topliss-reactive ketones (excluding diaryl/α,β-unsaturated/α-hetero) is 2. The van der Waals surface area contributed by atoms with E-state index in [1.165, 1.54) is 50.2 Å². The van der Waals surface area contributed by atoms with E-state index in [1.54, 1.807) is 12.1 Å². The molecular formula is C16H14F2O2. The number of carbonyl (C=O) groups excluding carboxylic acids is 2. The van der Waals surface area contributed by atoms with E-state index >= 15 is 0 Å². The van der Waals surface area contributed by atoms with Crippen LogP contribution in [-0.2, 0) is 0 Å². The maximum Gasteiger partial charge on any atom is 0.162 e. The second-order valence-electron chi connectivity index (χ2n) is 4.10.